The van der Waals surface area contributed by atoms with Crippen LogP contribution in [0.2, 0.25) is 0 Å². The molecule has 0 atom stereocenters. The van der Waals surface area contributed by atoms with Crippen molar-refractivity contribution in [1.82, 2.24) is 9.61 Å². The van der Waals surface area contributed by atoms with Crippen LogP contribution in [0.3, 0.4) is 0 Å². The van der Waals surface area contributed by atoms with E-state index >= 15 is 0 Å². The van der Waals surface area contributed by atoms with E-state index in [9.17, 15) is 0 Å². The highest BCUT2D eigenvalue weighted by molar-refractivity contribution is 9.10. The molecule has 56 valence electrons. The molecule has 2 heterocycles. The minimum atomic E-state index is 1.03. The number of aromatic nitrogens is 2. The molecule has 0 aromatic carbocycles. The van der Waals surface area contributed by atoms with E-state index in [2.05, 4.69) is 27.1 Å². The maximum atomic E-state index is 4.15. The van der Waals surface area contributed by atoms with E-state index in [-0.39, 0.29) is 0 Å². The van der Waals surface area contributed by atoms with Crippen molar-refractivity contribution in [3.63, 3.8) is 0 Å². The average Bonchev–Trinajstić information content (AvgIpc) is 2.45. The van der Waals surface area contributed by atoms with Crippen molar-refractivity contribution < 1.29 is 0 Å². The number of hydrogen-bond acceptors (Lipinski definition) is 1. The summed E-state index contributed by atoms with van der Waals surface area (Å²) < 4.78 is 2.90. The Balaban J connectivity index is 2.93. The smallest absolute Gasteiger partial charge is 0.111 e. The first-order chi connectivity index (χ1) is 5.29. The zero-order valence-corrected chi connectivity index (χ0v) is 7.67. The quantitative estimate of drug-likeness (QED) is 0.611. The predicted octanol–water partition coefficient (Wildman–Crippen LogP) is 2.41. The highest BCUT2D eigenvalue weighted by atomic mass is 79.9. The molecule has 0 fully saturated rings. The van der Waals surface area contributed by atoms with Crippen LogP contribution in [0.4, 0.5) is 0 Å². The molecule has 3 heteroatoms. The number of hydrogen-bond donors (Lipinski definition) is 0. The summed E-state index contributed by atoms with van der Waals surface area (Å²) in [5.74, 6) is 0. The normalized spacial score (nSPS) is 10.7. The van der Waals surface area contributed by atoms with Gasteiger partial charge in [0.05, 0.1) is 11.7 Å². The molecule has 0 aliphatic carbocycles. The van der Waals surface area contributed by atoms with Gasteiger partial charge in [0.1, 0.15) is 4.60 Å². The van der Waals surface area contributed by atoms with E-state index < -0.39 is 0 Å². The second-order valence-electron chi connectivity index (χ2n) is 2.48. The van der Waals surface area contributed by atoms with E-state index in [0.29, 0.717) is 0 Å². The van der Waals surface area contributed by atoms with Crippen LogP contribution >= 0.6 is 15.9 Å². The summed E-state index contributed by atoms with van der Waals surface area (Å²) in [6.07, 6.45) is 1.79. The molecule has 11 heavy (non-hydrogen) atoms. The number of aryl methyl sites for hydroxylation is 1. The third-order valence-electron chi connectivity index (χ3n) is 1.69. The molecule has 0 N–H and O–H groups in total. The Morgan fingerprint density at radius 2 is 2.18 bits per heavy atom. The van der Waals surface area contributed by atoms with Gasteiger partial charge in [-0.25, -0.2) is 4.52 Å². The van der Waals surface area contributed by atoms with Crippen LogP contribution in [0, 0.1) is 6.92 Å². The summed E-state index contributed by atoms with van der Waals surface area (Å²) in [6, 6.07) is 6.10. The Labute approximate surface area is 73.0 Å². The fraction of sp³-hybridized carbons (Fsp3) is 0.125. The summed E-state index contributed by atoms with van der Waals surface area (Å²) in [5.41, 5.74) is 2.31. The average molecular weight is 211 g/mol. The third-order valence-corrected chi connectivity index (χ3v) is 2.65. The fourth-order valence-corrected chi connectivity index (χ4v) is 1.48. The van der Waals surface area contributed by atoms with Crippen molar-refractivity contribution in [2.45, 2.75) is 6.92 Å². The Bertz CT molecular complexity index is 392. The van der Waals surface area contributed by atoms with Gasteiger partial charge in [-0.3, -0.25) is 0 Å². The Hall–Kier alpha value is -0.830. The second kappa shape index (κ2) is 2.34. The molecule has 0 radical (unpaired) electrons. The Morgan fingerprint density at radius 3 is 3.00 bits per heavy atom. The lowest BCUT2D eigenvalue weighted by molar-refractivity contribution is 0.924. The van der Waals surface area contributed by atoms with Gasteiger partial charge >= 0.3 is 0 Å². The topological polar surface area (TPSA) is 17.3 Å². The zero-order valence-electron chi connectivity index (χ0n) is 6.08. The standard InChI is InChI=1S/C8H7BrN2/c1-6-2-3-7-4-5-10-11(7)8(6)9/h2-5H,1H3. The summed E-state index contributed by atoms with van der Waals surface area (Å²) in [6.45, 7) is 2.05. The van der Waals surface area contributed by atoms with Crippen molar-refractivity contribution in [3.05, 3.63) is 34.6 Å². The maximum Gasteiger partial charge on any atom is 0.111 e. The van der Waals surface area contributed by atoms with Gasteiger partial charge in [-0.05, 0) is 40.5 Å². The van der Waals surface area contributed by atoms with Crippen LogP contribution < -0.4 is 0 Å². The Kier molecular flexibility index (Phi) is 1.46. The van der Waals surface area contributed by atoms with Gasteiger partial charge in [0.15, 0.2) is 0 Å². The summed E-state index contributed by atoms with van der Waals surface area (Å²) in [5, 5.41) is 4.15. The van der Waals surface area contributed by atoms with Gasteiger partial charge in [-0.2, -0.15) is 5.10 Å². The molecule has 2 nitrogen and oxygen atoms in total. The van der Waals surface area contributed by atoms with Crippen molar-refractivity contribution in [3.8, 4) is 0 Å². The first kappa shape index (κ1) is 6.85. The van der Waals surface area contributed by atoms with Crippen LogP contribution in [-0.2, 0) is 0 Å². The SMILES string of the molecule is Cc1ccc2ccnn2c1Br. The van der Waals surface area contributed by atoms with Gasteiger partial charge in [-0.15, -0.1) is 0 Å². The van der Waals surface area contributed by atoms with Gasteiger partial charge in [0, 0.05) is 0 Å². The highest BCUT2D eigenvalue weighted by Crippen LogP contribution is 2.16. The van der Waals surface area contributed by atoms with Crippen LogP contribution in [0.1, 0.15) is 5.56 Å². The van der Waals surface area contributed by atoms with E-state index in [4.69, 9.17) is 0 Å². The summed E-state index contributed by atoms with van der Waals surface area (Å²) in [7, 11) is 0. The lowest BCUT2D eigenvalue weighted by Crippen LogP contribution is -1.90. The molecule has 0 aliphatic rings. The largest absolute Gasteiger partial charge is 0.226 e. The van der Waals surface area contributed by atoms with Crippen molar-refractivity contribution in [2.75, 3.05) is 0 Å². The molecule has 2 rings (SSSR count). The van der Waals surface area contributed by atoms with Gasteiger partial charge in [-0.1, -0.05) is 6.07 Å². The molecule has 0 aliphatic heterocycles. The fourth-order valence-electron chi connectivity index (χ4n) is 1.05. The van der Waals surface area contributed by atoms with E-state index in [1.807, 2.05) is 23.6 Å². The first-order valence-electron chi connectivity index (χ1n) is 3.38. The molecule has 0 bridgehead atoms. The number of rotatable bonds is 0. The molecule has 0 amide bonds. The number of pyridine rings is 1. The van der Waals surface area contributed by atoms with Gasteiger partial charge in [0.25, 0.3) is 0 Å². The maximum absolute atomic E-state index is 4.15. The molecule has 0 saturated carbocycles. The van der Waals surface area contributed by atoms with Crippen LogP contribution in [0.15, 0.2) is 29.0 Å². The molecule has 2 aromatic rings. The van der Waals surface area contributed by atoms with Crippen LogP contribution in [0.25, 0.3) is 5.52 Å². The third kappa shape index (κ3) is 0.959. The van der Waals surface area contributed by atoms with Crippen molar-refractivity contribution >= 4 is 21.4 Å². The second-order valence-corrected chi connectivity index (χ2v) is 3.23. The monoisotopic (exact) mass is 210 g/mol. The van der Waals surface area contributed by atoms with Crippen molar-refractivity contribution in [1.29, 1.82) is 0 Å². The lowest BCUT2D eigenvalue weighted by Gasteiger charge is -1.99. The first-order valence-corrected chi connectivity index (χ1v) is 4.17. The minimum Gasteiger partial charge on any atom is -0.226 e. The molecule has 0 saturated heterocycles. The zero-order chi connectivity index (χ0) is 7.84. The summed E-state index contributed by atoms with van der Waals surface area (Å²) >= 11 is 3.46. The molecule has 0 unspecified atom stereocenters. The van der Waals surface area contributed by atoms with Gasteiger partial charge < -0.3 is 0 Å². The number of halogens is 1. The lowest BCUT2D eigenvalue weighted by atomic mass is 10.3. The Morgan fingerprint density at radius 1 is 1.36 bits per heavy atom. The molecular formula is C8H7BrN2. The van der Waals surface area contributed by atoms with E-state index in [1.165, 1.54) is 5.56 Å². The molecular weight excluding hydrogens is 204 g/mol. The minimum absolute atomic E-state index is 1.03. The van der Waals surface area contributed by atoms with E-state index in [1.54, 1.807) is 6.20 Å². The summed E-state index contributed by atoms with van der Waals surface area (Å²) in [4.78, 5) is 0. The molecule has 0 spiro atoms. The predicted molar refractivity (Wildman–Crippen MR) is 47.6 cm³/mol. The van der Waals surface area contributed by atoms with Crippen LogP contribution in [0.5, 0.6) is 0 Å². The van der Waals surface area contributed by atoms with E-state index in [0.717, 1.165) is 10.1 Å². The van der Waals surface area contributed by atoms with Crippen molar-refractivity contribution in [2.24, 2.45) is 0 Å². The van der Waals surface area contributed by atoms with Crippen LogP contribution in [-0.4, -0.2) is 9.61 Å². The molecule has 2 aromatic heterocycles. The number of fused-ring (bicyclic) bond motifs is 1. The van der Waals surface area contributed by atoms with Gasteiger partial charge in [0.2, 0.25) is 0 Å². The number of nitrogens with zero attached hydrogens (tertiary/aromatic N) is 2. The highest BCUT2D eigenvalue weighted by Gasteiger charge is 1.99.